The lowest BCUT2D eigenvalue weighted by Gasteiger charge is -2.46. The van der Waals surface area contributed by atoms with E-state index in [0.717, 1.165) is 5.92 Å². The van der Waals surface area contributed by atoms with Gasteiger partial charge in [-0.2, -0.15) is 0 Å². The summed E-state index contributed by atoms with van der Waals surface area (Å²) in [6, 6.07) is 3.13. The van der Waals surface area contributed by atoms with Crippen LogP contribution in [0, 0.1) is 5.92 Å². The van der Waals surface area contributed by atoms with Crippen molar-refractivity contribution in [1.29, 1.82) is 0 Å². The van der Waals surface area contributed by atoms with Gasteiger partial charge in [-0.15, -0.1) is 0 Å². The minimum atomic E-state index is 0.407. The lowest BCUT2D eigenvalue weighted by atomic mass is 9.83. The standard InChI is InChI=1S/C13H20N2O/c1-10(12-4-7-16-9-12)14-13-8-15-5-2-11(13)3-6-15/h4,7,9-11,13-14H,2-3,5-6,8H2,1H3. The highest BCUT2D eigenvalue weighted by molar-refractivity contribution is 5.11. The number of nitrogens with one attached hydrogen (secondary N) is 1. The maximum atomic E-state index is 5.14. The molecule has 0 saturated carbocycles. The molecular formula is C13H20N2O. The van der Waals surface area contributed by atoms with E-state index in [1.807, 2.05) is 6.26 Å². The molecule has 3 saturated heterocycles. The molecule has 4 rings (SSSR count). The topological polar surface area (TPSA) is 28.4 Å². The zero-order valence-corrected chi connectivity index (χ0v) is 9.86. The average molecular weight is 220 g/mol. The summed E-state index contributed by atoms with van der Waals surface area (Å²) in [6.07, 6.45) is 6.34. The maximum absolute atomic E-state index is 5.14. The third-order valence-electron chi connectivity index (χ3n) is 4.16. The van der Waals surface area contributed by atoms with Crippen LogP contribution in [0.25, 0.3) is 0 Å². The van der Waals surface area contributed by atoms with E-state index < -0.39 is 0 Å². The fourth-order valence-electron chi connectivity index (χ4n) is 3.09. The van der Waals surface area contributed by atoms with Gasteiger partial charge in [-0.3, -0.25) is 0 Å². The lowest BCUT2D eigenvalue weighted by molar-refractivity contribution is 0.0680. The molecule has 1 N–H and O–H groups in total. The maximum Gasteiger partial charge on any atom is 0.0950 e. The smallest absolute Gasteiger partial charge is 0.0950 e. The molecule has 0 aromatic carbocycles. The van der Waals surface area contributed by atoms with Gasteiger partial charge >= 0.3 is 0 Å². The zero-order chi connectivity index (χ0) is 11.0. The van der Waals surface area contributed by atoms with Crippen LogP contribution in [0.3, 0.4) is 0 Å². The number of hydrogen-bond donors (Lipinski definition) is 1. The van der Waals surface area contributed by atoms with Gasteiger partial charge in [0.2, 0.25) is 0 Å². The summed E-state index contributed by atoms with van der Waals surface area (Å²) in [7, 11) is 0. The number of hydrogen-bond acceptors (Lipinski definition) is 3. The summed E-state index contributed by atoms with van der Waals surface area (Å²) >= 11 is 0. The van der Waals surface area contributed by atoms with E-state index in [9.17, 15) is 0 Å². The van der Waals surface area contributed by atoms with E-state index in [2.05, 4.69) is 23.2 Å². The monoisotopic (exact) mass is 220 g/mol. The minimum Gasteiger partial charge on any atom is -0.472 e. The van der Waals surface area contributed by atoms with Crippen molar-refractivity contribution in [2.75, 3.05) is 19.6 Å². The molecule has 88 valence electrons. The van der Waals surface area contributed by atoms with Gasteiger partial charge < -0.3 is 14.6 Å². The molecule has 16 heavy (non-hydrogen) atoms. The number of piperidine rings is 3. The molecule has 3 nitrogen and oxygen atoms in total. The van der Waals surface area contributed by atoms with Gasteiger partial charge in [0.25, 0.3) is 0 Å². The average Bonchev–Trinajstić information content (AvgIpc) is 2.84. The van der Waals surface area contributed by atoms with Crippen molar-refractivity contribution in [2.24, 2.45) is 5.92 Å². The van der Waals surface area contributed by atoms with Gasteiger partial charge in [0.15, 0.2) is 0 Å². The van der Waals surface area contributed by atoms with Gasteiger partial charge in [-0.25, -0.2) is 0 Å². The molecule has 1 aromatic rings. The number of nitrogens with zero attached hydrogens (tertiary/aromatic N) is 1. The second kappa shape index (κ2) is 4.22. The Balaban J connectivity index is 1.62. The van der Waals surface area contributed by atoms with Crippen molar-refractivity contribution < 1.29 is 4.42 Å². The van der Waals surface area contributed by atoms with Gasteiger partial charge in [0.05, 0.1) is 12.5 Å². The molecule has 3 aliphatic rings. The summed E-state index contributed by atoms with van der Waals surface area (Å²) in [5.41, 5.74) is 1.26. The van der Waals surface area contributed by atoms with Crippen LogP contribution in [0.15, 0.2) is 23.0 Å². The van der Waals surface area contributed by atoms with Crippen LogP contribution in [0.4, 0.5) is 0 Å². The summed E-state index contributed by atoms with van der Waals surface area (Å²) in [4.78, 5) is 2.58. The first kappa shape index (κ1) is 10.4. The first-order valence-electron chi connectivity index (χ1n) is 6.33. The summed E-state index contributed by atoms with van der Waals surface area (Å²) in [5.74, 6) is 0.888. The van der Waals surface area contributed by atoms with E-state index in [1.54, 1.807) is 6.26 Å². The molecule has 4 heterocycles. The van der Waals surface area contributed by atoms with Crippen LogP contribution in [-0.4, -0.2) is 30.6 Å². The van der Waals surface area contributed by atoms with Crippen LogP contribution in [-0.2, 0) is 0 Å². The Labute approximate surface area is 96.8 Å². The molecule has 3 heteroatoms. The highest BCUT2D eigenvalue weighted by Crippen LogP contribution is 2.29. The van der Waals surface area contributed by atoms with Crippen molar-refractivity contribution in [3.8, 4) is 0 Å². The van der Waals surface area contributed by atoms with E-state index in [4.69, 9.17) is 4.42 Å². The van der Waals surface area contributed by atoms with Crippen molar-refractivity contribution in [1.82, 2.24) is 10.2 Å². The van der Waals surface area contributed by atoms with E-state index in [-0.39, 0.29) is 0 Å². The van der Waals surface area contributed by atoms with Crippen LogP contribution >= 0.6 is 0 Å². The highest BCUT2D eigenvalue weighted by atomic mass is 16.3. The van der Waals surface area contributed by atoms with E-state index in [0.29, 0.717) is 12.1 Å². The number of fused-ring (bicyclic) bond motifs is 3. The molecule has 0 amide bonds. The molecule has 3 aliphatic heterocycles. The third-order valence-corrected chi connectivity index (χ3v) is 4.16. The first-order chi connectivity index (χ1) is 7.83. The Morgan fingerprint density at radius 3 is 2.81 bits per heavy atom. The quantitative estimate of drug-likeness (QED) is 0.845. The van der Waals surface area contributed by atoms with Crippen molar-refractivity contribution in [3.63, 3.8) is 0 Å². The normalized spacial score (nSPS) is 35.2. The van der Waals surface area contributed by atoms with Crippen LogP contribution < -0.4 is 5.32 Å². The van der Waals surface area contributed by atoms with Gasteiger partial charge in [0, 0.05) is 24.2 Å². The van der Waals surface area contributed by atoms with Gasteiger partial charge in [-0.05, 0) is 44.8 Å². The molecule has 2 unspecified atom stereocenters. The van der Waals surface area contributed by atoms with Crippen LogP contribution in [0.5, 0.6) is 0 Å². The summed E-state index contributed by atoms with van der Waals surface area (Å²) in [5, 5.41) is 3.75. The second-order valence-electron chi connectivity index (χ2n) is 5.19. The molecule has 0 radical (unpaired) electrons. The largest absolute Gasteiger partial charge is 0.472 e. The van der Waals surface area contributed by atoms with Crippen molar-refractivity contribution in [2.45, 2.75) is 31.8 Å². The van der Waals surface area contributed by atoms with Gasteiger partial charge in [0.1, 0.15) is 0 Å². The lowest BCUT2D eigenvalue weighted by Crippen LogP contribution is -2.56. The van der Waals surface area contributed by atoms with Crippen molar-refractivity contribution in [3.05, 3.63) is 24.2 Å². The molecule has 3 fully saturated rings. The fourth-order valence-corrected chi connectivity index (χ4v) is 3.09. The van der Waals surface area contributed by atoms with Gasteiger partial charge in [-0.1, -0.05) is 0 Å². The molecular weight excluding hydrogens is 200 g/mol. The Morgan fingerprint density at radius 1 is 1.44 bits per heavy atom. The Hall–Kier alpha value is -0.800. The second-order valence-corrected chi connectivity index (χ2v) is 5.19. The molecule has 2 bridgehead atoms. The molecule has 0 aliphatic carbocycles. The summed E-state index contributed by atoms with van der Waals surface area (Å²) in [6.45, 7) is 6.07. The Kier molecular flexibility index (Phi) is 2.74. The third kappa shape index (κ3) is 1.89. The van der Waals surface area contributed by atoms with Crippen molar-refractivity contribution >= 4 is 0 Å². The number of rotatable bonds is 3. The molecule has 1 aromatic heterocycles. The Bertz CT molecular complexity index is 328. The first-order valence-corrected chi connectivity index (χ1v) is 6.33. The van der Waals surface area contributed by atoms with Crippen LogP contribution in [0.1, 0.15) is 31.4 Å². The highest BCUT2D eigenvalue weighted by Gasteiger charge is 2.34. The minimum absolute atomic E-state index is 0.407. The molecule has 2 atom stereocenters. The van der Waals surface area contributed by atoms with E-state index in [1.165, 1.54) is 38.0 Å². The molecule has 0 spiro atoms. The Morgan fingerprint density at radius 2 is 2.25 bits per heavy atom. The zero-order valence-electron chi connectivity index (χ0n) is 9.86. The van der Waals surface area contributed by atoms with E-state index >= 15 is 0 Å². The predicted octanol–water partition coefficient (Wildman–Crippen LogP) is 2.02. The van der Waals surface area contributed by atoms with Crippen LogP contribution in [0.2, 0.25) is 0 Å². The number of furan rings is 1. The summed E-state index contributed by atoms with van der Waals surface area (Å²) < 4.78 is 5.14. The predicted molar refractivity (Wildman–Crippen MR) is 63.2 cm³/mol. The fraction of sp³-hybridized carbons (Fsp3) is 0.692. The SMILES string of the molecule is CC(NC1CN2CCC1CC2)c1ccoc1.